The van der Waals surface area contributed by atoms with Crippen molar-refractivity contribution in [3.05, 3.63) is 33.9 Å². The van der Waals surface area contributed by atoms with Crippen molar-refractivity contribution in [1.82, 2.24) is 9.80 Å². The summed E-state index contributed by atoms with van der Waals surface area (Å²) in [4.78, 5) is 25.7. The van der Waals surface area contributed by atoms with Crippen LogP contribution in [-0.2, 0) is 0 Å². The second-order valence-corrected chi connectivity index (χ2v) is 5.10. The van der Waals surface area contributed by atoms with Crippen LogP contribution in [0.4, 0.5) is 5.69 Å². The smallest absolute Gasteiger partial charge is 0.310 e. The zero-order valence-electron chi connectivity index (χ0n) is 12.0. The fraction of sp³-hybridized carbons (Fsp3) is 0.500. The summed E-state index contributed by atoms with van der Waals surface area (Å²) in [6, 6.07) is 4.13. The highest BCUT2D eigenvalue weighted by Crippen LogP contribution is 2.27. The first-order valence-electron chi connectivity index (χ1n) is 6.87. The van der Waals surface area contributed by atoms with Crippen molar-refractivity contribution in [2.75, 3.05) is 46.4 Å². The molecular formula is C14H19N3O4. The summed E-state index contributed by atoms with van der Waals surface area (Å²) >= 11 is 0. The number of hydrogen-bond donors (Lipinski definition) is 0. The predicted molar refractivity (Wildman–Crippen MR) is 77.9 cm³/mol. The second-order valence-electron chi connectivity index (χ2n) is 5.10. The fourth-order valence-electron chi connectivity index (χ4n) is 2.23. The van der Waals surface area contributed by atoms with Crippen LogP contribution < -0.4 is 4.74 Å². The van der Waals surface area contributed by atoms with Crippen LogP contribution in [-0.4, -0.2) is 67.4 Å². The van der Waals surface area contributed by atoms with Crippen LogP contribution in [0.3, 0.4) is 0 Å². The van der Waals surface area contributed by atoms with E-state index in [0.29, 0.717) is 18.5 Å². The number of rotatable bonds is 6. The van der Waals surface area contributed by atoms with Gasteiger partial charge in [-0.3, -0.25) is 19.8 Å². The SMILES string of the molecule is CN1CCN(CCOc2cc(C=O)ccc2[N+](=O)[O-])CC1. The molecule has 7 nitrogen and oxygen atoms in total. The minimum Gasteiger partial charge on any atom is -0.485 e. The van der Waals surface area contributed by atoms with Gasteiger partial charge in [-0.1, -0.05) is 0 Å². The molecule has 1 fully saturated rings. The summed E-state index contributed by atoms with van der Waals surface area (Å²) in [6.45, 7) is 5.05. The number of piperazine rings is 1. The van der Waals surface area contributed by atoms with E-state index in [9.17, 15) is 14.9 Å². The first-order valence-corrected chi connectivity index (χ1v) is 6.87. The Morgan fingerprint density at radius 2 is 2.05 bits per heavy atom. The zero-order chi connectivity index (χ0) is 15.2. The summed E-state index contributed by atoms with van der Waals surface area (Å²) in [5.41, 5.74) is 0.258. The Kier molecular flexibility index (Phi) is 5.24. The third-order valence-corrected chi connectivity index (χ3v) is 3.58. The van der Waals surface area contributed by atoms with Crippen molar-refractivity contribution in [1.29, 1.82) is 0 Å². The Labute approximate surface area is 123 Å². The molecule has 0 aliphatic carbocycles. The first kappa shape index (κ1) is 15.4. The molecule has 0 N–H and O–H groups in total. The molecule has 0 spiro atoms. The Morgan fingerprint density at radius 1 is 1.33 bits per heavy atom. The molecule has 1 aliphatic heterocycles. The number of likely N-dealkylation sites (N-methyl/N-ethyl adjacent to an activating group) is 1. The summed E-state index contributed by atoms with van der Waals surface area (Å²) in [5, 5.41) is 10.9. The van der Waals surface area contributed by atoms with Gasteiger partial charge in [0.1, 0.15) is 12.9 Å². The third-order valence-electron chi connectivity index (χ3n) is 3.58. The maximum Gasteiger partial charge on any atom is 0.310 e. The minimum atomic E-state index is -0.500. The quantitative estimate of drug-likeness (QED) is 0.443. The van der Waals surface area contributed by atoms with Crippen LogP contribution in [0.2, 0.25) is 0 Å². The molecule has 0 amide bonds. The van der Waals surface area contributed by atoms with Crippen molar-refractivity contribution in [2.24, 2.45) is 0 Å². The lowest BCUT2D eigenvalue weighted by molar-refractivity contribution is -0.385. The number of nitro benzene ring substituents is 1. The van der Waals surface area contributed by atoms with E-state index in [1.807, 2.05) is 0 Å². The molecular weight excluding hydrogens is 274 g/mol. The summed E-state index contributed by atoms with van der Waals surface area (Å²) in [6.07, 6.45) is 0.650. The normalized spacial score (nSPS) is 16.6. The van der Waals surface area contributed by atoms with E-state index < -0.39 is 4.92 Å². The van der Waals surface area contributed by atoms with E-state index in [-0.39, 0.29) is 11.4 Å². The Morgan fingerprint density at radius 3 is 2.67 bits per heavy atom. The molecule has 0 atom stereocenters. The number of hydrogen-bond acceptors (Lipinski definition) is 6. The molecule has 1 heterocycles. The number of nitrogens with zero attached hydrogens (tertiary/aromatic N) is 3. The maximum atomic E-state index is 10.9. The molecule has 1 aromatic carbocycles. The summed E-state index contributed by atoms with van der Waals surface area (Å²) in [5.74, 6) is 0.152. The standard InChI is InChI=1S/C14H19N3O4/c1-15-4-6-16(7-5-15)8-9-21-14-10-12(11-18)2-3-13(14)17(19)20/h2-3,10-11H,4-9H2,1H3. The van der Waals surface area contributed by atoms with Crippen LogP contribution in [0.15, 0.2) is 18.2 Å². The van der Waals surface area contributed by atoms with Crippen molar-refractivity contribution in [3.63, 3.8) is 0 Å². The van der Waals surface area contributed by atoms with Gasteiger partial charge in [0.2, 0.25) is 0 Å². The number of carbonyl (C=O) groups is 1. The van der Waals surface area contributed by atoms with Crippen LogP contribution in [0.25, 0.3) is 0 Å². The first-order chi connectivity index (χ1) is 10.1. The Hall–Kier alpha value is -1.99. The molecule has 0 aromatic heterocycles. The molecule has 0 unspecified atom stereocenters. The molecule has 0 radical (unpaired) electrons. The van der Waals surface area contributed by atoms with Gasteiger partial charge in [0.05, 0.1) is 4.92 Å². The molecule has 7 heteroatoms. The fourth-order valence-corrected chi connectivity index (χ4v) is 2.23. The predicted octanol–water partition coefficient (Wildman–Crippen LogP) is 1.03. The van der Waals surface area contributed by atoms with Gasteiger partial charge in [-0.2, -0.15) is 0 Å². The average molecular weight is 293 g/mol. The number of nitro groups is 1. The number of benzene rings is 1. The van der Waals surface area contributed by atoms with Crippen molar-refractivity contribution in [3.8, 4) is 5.75 Å². The van der Waals surface area contributed by atoms with E-state index in [0.717, 1.165) is 32.7 Å². The highest BCUT2D eigenvalue weighted by molar-refractivity contribution is 5.76. The van der Waals surface area contributed by atoms with Gasteiger partial charge >= 0.3 is 5.69 Å². The molecule has 114 valence electrons. The van der Waals surface area contributed by atoms with E-state index in [1.54, 1.807) is 0 Å². The van der Waals surface area contributed by atoms with E-state index >= 15 is 0 Å². The van der Waals surface area contributed by atoms with Crippen molar-refractivity contribution >= 4 is 12.0 Å². The molecule has 2 rings (SSSR count). The number of ether oxygens (including phenoxy) is 1. The van der Waals surface area contributed by atoms with Crippen molar-refractivity contribution in [2.45, 2.75) is 0 Å². The van der Waals surface area contributed by atoms with Crippen LogP contribution in [0, 0.1) is 10.1 Å². The average Bonchev–Trinajstić information content (AvgIpc) is 2.49. The minimum absolute atomic E-state index is 0.112. The number of carbonyl (C=O) groups excluding carboxylic acids is 1. The summed E-state index contributed by atoms with van der Waals surface area (Å²) < 4.78 is 5.51. The monoisotopic (exact) mass is 293 g/mol. The van der Waals surface area contributed by atoms with E-state index in [2.05, 4.69) is 16.8 Å². The topological polar surface area (TPSA) is 75.9 Å². The maximum absolute atomic E-state index is 10.9. The molecule has 1 saturated heterocycles. The molecule has 1 aromatic rings. The van der Waals surface area contributed by atoms with Gasteiger partial charge in [-0.15, -0.1) is 0 Å². The molecule has 1 aliphatic rings. The van der Waals surface area contributed by atoms with E-state index in [1.165, 1.54) is 18.2 Å². The van der Waals surface area contributed by atoms with Crippen LogP contribution >= 0.6 is 0 Å². The van der Waals surface area contributed by atoms with E-state index in [4.69, 9.17) is 4.74 Å². The molecule has 0 bridgehead atoms. The molecule has 21 heavy (non-hydrogen) atoms. The number of aldehydes is 1. The van der Waals surface area contributed by atoms with Crippen LogP contribution in [0.5, 0.6) is 5.75 Å². The van der Waals surface area contributed by atoms with Crippen molar-refractivity contribution < 1.29 is 14.5 Å². The van der Waals surface area contributed by atoms with Crippen LogP contribution in [0.1, 0.15) is 10.4 Å². The molecule has 0 saturated carbocycles. The van der Waals surface area contributed by atoms with Gasteiger partial charge in [-0.25, -0.2) is 0 Å². The van der Waals surface area contributed by atoms with Gasteiger partial charge in [0.15, 0.2) is 5.75 Å². The van der Waals surface area contributed by atoms with Gasteiger partial charge < -0.3 is 9.64 Å². The van der Waals surface area contributed by atoms with Gasteiger partial charge in [-0.05, 0) is 19.2 Å². The summed E-state index contributed by atoms with van der Waals surface area (Å²) in [7, 11) is 2.09. The van der Waals surface area contributed by atoms with Gasteiger partial charge in [0, 0.05) is 44.4 Å². The second kappa shape index (κ2) is 7.14. The lowest BCUT2D eigenvalue weighted by Gasteiger charge is -2.32. The highest BCUT2D eigenvalue weighted by Gasteiger charge is 2.17. The lowest BCUT2D eigenvalue weighted by atomic mass is 10.2. The Bertz CT molecular complexity index is 513. The third kappa shape index (κ3) is 4.24. The zero-order valence-corrected chi connectivity index (χ0v) is 12.0. The lowest BCUT2D eigenvalue weighted by Crippen LogP contribution is -2.45. The largest absolute Gasteiger partial charge is 0.485 e. The van der Waals surface area contributed by atoms with Gasteiger partial charge in [0.25, 0.3) is 0 Å². The highest BCUT2D eigenvalue weighted by atomic mass is 16.6. The Balaban J connectivity index is 1.92.